The predicted molar refractivity (Wildman–Crippen MR) is 127 cm³/mol. The van der Waals surface area contributed by atoms with Crippen LogP contribution in [0.3, 0.4) is 0 Å². The van der Waals surface area contributed by atoms with Crippen LogP contribution >= 0.6 is 0 Å². The van der Waals surface area contributed by atoms with Gasteiger partial charge in [-0.2, -0.15) is 0 Å². The molecule has 0 atom stereocenters. The minimum atomic E-state index is 0.881. The molecule has 144 valence electrons. The fourth-order valence-corrected chi connectivity index (χ4v) is 5.07. The second-order valence-electron chi connectivity index (χ2n) is 7.97. The van der Waals surface area contributed by atoms with E-state index in [4.69, 9.17) is 4.42 Å². The summed E-state index contributed by atoms with van der Waals surface area (Å²) in [4.78, 5) is 0. The summed E-state index contributed by atoms with van der Waals surface area (Å²) in [6.07, 6.45) is 1.91. The summed E-state index contributed by atoms with van der Waals surface area (Å²) in [6.45, 7) is 2.26. The molecule has 0 aliphatic rings. The molecule has 0 N–H and O–H groups in total. The van der Waals surface area contributed by atoms with E-state index in [2.05, 4.69) is 91.9 Å². The molecule has 1 aromatic heterocycles. The Kier molecular flexibility index (Phi) is 3.89. The van der Waals surface area contributed by atoms with Gasteiger partial charge < -0.3 is 4.42 Å². The average molecular weight is 386 g/mol. The molecule has 6 aromatic rings. The Morgan fingerprint density at radius 3 is 1.70 bits per heavy atom. The lowest BCUT2D eigenvalue weighted by Crippen LogP contribution is -1.97. The molecule has 0 radical (unpaired) electrons. The number of furan rings is 1. The molecule has 5 aromatic carbocycles. The highest BCUT2D eigenvalue weighted by molar-refractivity contribution is 6.09. The Bertz CT molecular complexity index is 1490. The van der Waals surface area contributed by atoms with Crippen molar-refractivity contribution in [2.75, 3.05) is 0 Å². The molecule has 1 nitrogen and oxygen atoms in total. The number of para-hydroxylation sites is 1. The van der Waals surface area contributed by atoms with Crippen LogP contribution < -0.4 is 0 Å². The van der Waals surface area contributed by atoms with Gasteiger partial charge in [0.25, 0.3) is 0 Å². The SMILES string of the molecule is CCc1c2ccccc2c(Cc2cccc3oc4ccccc4c23)c2ccccc12. The summed E-state index contributed by atoms with van der Waals surface area (Å²) in [5.41, 5.74) is 6.08. The summed E-state index contributed by atoms with van der Waals surface area (Å²) in [5.74, 6) is 0. The Morgan fingerprint density at radius 1 is 0.533 bits per heavy atom. The molecular weight excluding hydrogens is 364 g/mol. The number of hydrogen-bond acceptors (Lipinski definition) is 1. The maximum atomic E-state index is 6.14. The summed E-state index contributed by atoms with van der Waals surface area (Å²) in [6, 6.07) is 32.5. The highest BCUT2D eigenvalue weighted by Crippen LogP contribution is 2.37. The predicted octanol–water partition coefficient (Wildman–Crippen LogP) is 8.05. The van der Waals surface area contributed by atoms with Gasteiger partial charge in [0.05, 0.1) is 0 Å². The molecule has 0 saturated heterocycles. The first-order valence-corrected chi connectivity index (χ1v) is 10.7. The van der Waals surface area contributed by atoms with Gasteiger partial charge in [-0.3, -0.25) is 0 Å². The van der Waals surface area contributed by atoms with Crippen LogP contribution in [0.4, 0.5) is 0 Å². The number of rotatable bonds is 3. The fraction of sp³-hybridized carbons (Fsp3) is 0.103. The third-order valence-corrected chi connectivity index (χ3v) is 6.36. The van der Waals surface area contributed by atoms with E-state index in [9.17, 15) is 0 Å². The van der Waals surface area contributed by atoms with Gasteiger partial charge in [0.1, 0.15) is 11.2 Å². The molecule has 1 heterocycles. The summed E-state index contributed by atoms with van der Waals surface area (Å²) in [5, 5.41) is 7.90. The van der Waals surface area contributed by atoms with Crippen molar-refractivity contribution in [1.29, 1.82) is 0 Å². The largest absolute Gasteiger partial charge is 0.456 e. The zero-order valence-corrected chi connectivity index (χ0v) is 17.0. The third kappa shape index (κ3) is 2.48. The molecule has 0 amide bonds. The second-order valence-corrected chi connectivity index (χ2v) is 7.97. The summed E-state index contributed by atoms with van der Waals surface area (Å²) in [7, 11) is 0. The number of aryl methyl sites for hydroxylation is 1. The van der Waals surface area contributed by atoms with Crippen molar-refractivity contribution in [3.8, 4) is 0 Å². The average Bonchev–Trinajstić information content (AvgIpc) is 3.18. The first-order valence-electron chi connectivity index (χ1n) is 10.7. The monoisotopic (exact) mass is 386 g/mol. The molecule has 0 spiro atoms. The van der Waals surface area contributed by atoms with Crippen LogP contribution in [0.2, 0.25) is 0 Å². The smallest absolute Gasteiger partial charge is 0.135 e. The Labute approximate surface area is 175 Å². The van der Waals surface area contributed by atoms with E-state index in [0.717, 1.165) is 24.0 Å². The van der Waals surface area contributed by atoms with Crippen LogP contribution in [-0.4, -0.2) is 0 Å². The van der Waals surface area contributed by atoms with Crippen molar-refractivity contribution in [3.63, 3.8) is 0 Å². The highest BCUT2D eigenvalue weighted by Gasteiger charge is 2.16. The fourth-order valence-electron chi connectivity index (χ4n) is 5.07. The number of hydrogen-bond donors (Lipinski definition) is 0. The van der Waals surface area contributed by atoms with E-state index >= 15 is 0 Å². The summed E-state index contributed by atoms with van der Waals surface area (Å²) < 4.78 is 6.14. The first kappa shape index (κ1) is 17.3. The van der Waals surface area contributed by atoms with Crippen molar-refractivity contribution in [1.82, 2.24) is 0 Å². The van der Waals surface area contributed by atoms with Crippen molar-refractivity contribution < 1.29 is 4.42 Å². The van der Waals surface area contributed by atoms with Crippen LogP contribution in [0.5, 0.6) is 0 Å². The second kappa shape index (κ2) is 6.74. The molecule has 0 aliphatic heterocycles. The van der Waals surface area contributed by atoms with Gasteiger partial charge in [-0.25, -0.2) is 0 Å². The maximum Gasteiger partial charge on any atom is 0.135 e. The highest BCUT2D eigenvalue weighted by atomic mass is 16.3. The lowest BCUT2D eigenvalue weighted by molar-refractivity contribution is 0.668. The molecular formula is C29H22O. The molecule has 0 aliphatic carbocycles. The minimum absolute atomic E-state index is 0.881. The van der Waals surface area contributed by atoms with Gasteiger partial charge in [-0.05, 0) is 63.2 Å². The van der Waals surface area contributed by atoms with Crippen LogP contribution in [0.25, 0.3) is 43.5 Å². The van der Waals surface area contributed by atoms with Gasteiger partial charge in [-0.1, -0.05) is 85.8 Å². The normalized spacial score (nSPS) is 11.8. The van der Waals surface area contributed by atoms with E-state index in [1.165, 1.54) is 49.0 Å². The first-order chi connectivity index (χ1) is 14.8. The Balaban J connectivity index is 1.69. The zero-order chi connectivity index (χ0) is 20.1. The van der Waals surface area contributed by atoms with E-state index in [1.54, 1.807) is 0 Å². The number of fused-ring (bicyclic) bond motifs is 5. The van der Waals surface area contributed by atoms with Gasteiger partial charge in [-0.15, -0.1) is 0 Å². The topological polar surface area (TPSA) is 13.1 Å². The molecule has 6 rings (SSSR count). The zero-order valence-electron chi connectivity index (χ0n) is 17.0. The maximum absolute atomic E-state index is 6.14. The minimum Gasteiger partial charge on any atom is -0.456 e. The standard InChI is InChI=1S/C29H22O/c1-2-20-21-11-3-5-13-23(21)26(24-14-6-4-12-22(20)24)18-19-10-9-17-28-29(19)25-15-7-8-16-27(25)30-28/h3-17H,2,18H2,1H3. The van der Waals surface area contributed by atoms with Crippen molar-refractivity contribution >= 4 is 43.5 Å². The molecule has 0 unspecified atom stereocenters. The van der Waals surface area contributed by atoms with Gasteiger partial charge in [0, 0.05) is 10.8 Å². The molecule has 30 heavy (non-hydrogen) atoms. The Morgan fingerprint density at radius 2 is 1.07 bits per heavy atom. The van der Waals surface area contributed by atoms with Crippen molar-refractivity contribution in [2.24, 2.45) is 0 Å². The third-order valence-electron chi connectivity index (χ3n) is 6.36. The Hall–Kier alpha value is -3.58. The van der Waals surface area contributed by atoms with Crippen LogP contribution in [0.1, 0.15) is 23.6 Å². The van der Waals surface area contributed by atoms with Gasteiger partial charge >= 0.3 is 0 Å². The van der Waals surface area contributed by atoms with Gasteiger partial charge in [0.2, 0.25) is 0 Å². The van der Waals surface area contributed by atoms with E-state index in [1.807, 2.05) is 6.07 Å². The van der Waals surface area contributed by atoms with Crippen molar-refractivity contribution in [3.05, 3.63) is 108 Å². The van der Waals surface area contributed by atoms with Crippen LogP contribution in [0, 0.1) is 0 Å². The molecule has 0 bridgehead atoms. The summed E-state index contributed by atoms with van der Waals surface area (Å²) >= 11 is 0. The number of benzene rings is 5. The van der Waals surface area contributed by atoms with E-state index in [0.29, 0.717) is 0 Å². The molecule has 1 heteroatoms. The van der Waals surface area contributed by atoms with Gasteiger partial charge in [0.15, 0.2) is 0 Å². The quantitative estimate of drug-likeness (QED) is 0.280. The van der Waals surface area contributed by atoms with Crippen LogP contribution in [0.15, 0.2) is 95.4 Å². The van der Waals surface area contributed by atoms with E-state index in [-0.39, 0.29) is 0 Å². The molecule has 0 saturated carbocycles. The molecule has 0 fully saturated rings. The van der Waals surface area contributed by atoms with Crippen LogP contribution in [-0.2, 0) is 12.8 Å². The lowest BCUT2D eigenvalue weighted by Gasteiger charge is -2.16. The van der Waals surface area contributed by atoms with Crippen molar-refractivity contribution in [2.45, 2.75) is 19.8 Å². The van der Waals surface area contributed by atoms with E-state index < -0.39 is 0 Å². The lowest BCUT2D eigenvalue weighted by atomic mass is 9.87.